The summed E-state index contributed by atoms with van der Waals surface area (Å²) in [5.41, 5.74) is 0. The molecule has 1 N–H and O–H groups in total. The Kier molecular flexibility index (Phi) is 4.96. The second-order valence-electron chi connectivity index (χ2n) is 3.29. The van der Waals surface area contributed by atoms with Gasteiger partial charge in [-0.05, 0) is 35.1 Å². The quantitative estimate of drug-likeness (QED) is 0.848. The van der Waals surface area contributed by atoms with Gasteiger partial charge in [0.15, 0.2) is 0 Å². The number of anilines is 1. The average Bonchev–Trinajstić information content (AvgIpc) is 2.21. The van der Waals surface area contributed by atoms with Crippen LogP contribution in [0.3, 0.4) is 0 Å². The second kappa shape index (κ2) is 6.26. The summed E-state index contributed by atoms with van der Waals surface area (Å²) >= 11 is 3.27. The van der Waals surface area contributed by atoms with Crippen molar-refractivity contribution in [3.63, 3.8) is 0 Å². The first-order valence-corrected chi connectivity index (χ1v) is 5.44. The van der Waals surface area contributed by atoms with Gasteiger partial charge in [0.25, 0.3) is 0 Å². The van der Waals surface area contributed by atoms with Gasteiger partial charge in [-0.25, -0.2) is 4.98 Å². The summed E-state index contributed by atoms with van der Waals surface area (Å²) in [5, 5.41) is 2.68. The van der Waals surface area contributed by atoms with Gasteiger partial charge in [0.2, 0.25) is 5.91 Å². The molecule has 0 aromatic carbocycles. The van der Waals surface area contributed by atoms with E-state index in [0.29, 0.717) is 12.4 Å². The van der Waals surface area contributed by atoms with Crippen LogP contribution in [0.2, 0.25) is 0 Å². The third kappa shape index (κ3) is 4.43. The van der Waals surface area contributed by atoms with E-state index in [1.165, 1.54) is 0 Å². The minimum Gasteiger partial charge on any atom is -0.310 e. The SMILES string of the molecule is C#CCN(C)CC(=O)Nc1ccc(Br)cn1. The highest BCUT2D eigenvalue weighted by molar-refractivity contribution is 9.10. The number of hydrogen-bond acceptors (Lipinski definition) is 3. The fourth-order valence-corrected chi connectivity index (χ4v) is 1.32. The van der Waals surface area contributed by atoms with Crippen molar-refractivity contribution in [3.8, 4) is 12.3 Å². The Morgan fingerprint density at radius 1 is 1.69 bits per heavy atom. The van der Waals surface area contributed by atoms with E-state index in [1.807, 2.05) is 6.07 Å². The van der Waals surface area contributed by atoms with Crippen molar-refractivity contribution in [2.45, 2.75) is 0 Å². The Morgan fingerprint density at radius 2 is 2.44 bits per heavy atom. The summed E-state index contributed by atoms with van der Waals surface area (Å²) in [5.74, 6) is 2.87. The number of terminal acetylenes is 1. The van der Waals surface area contributed by atoms with Crippen molar-refractivity contribution < 1.29 is 4.79 Å². The van der Waals surface area contributed by atoms with E-state index >= 15 is 0 Å². The van der Waals surface area contributed by atoms with Crippen molar-refractivity contribution >= 4 is 27.7 Å². The van der Waals surface area contributed by atoms with Crippen molar-refractivity contribution in [2.24, 2.45) is 0 Å². The smallest absolute Gasteiger partial charge is 0.239 e. The van der Waals surface area contributed by atoms with Gasteiger partial charge >= 0.3 is 0 Å². The molecule has 0 atom stereocenters. The molecule has 0 radical (unpaired) electrons. The van der Waals surface area contributed by atoms with E-state index < -0.39 is 0 Å². The zero-order valence-electron chi connectivity index (χ0n) is 8.90. The molecule has 1 aromatic rings. The molecule has 5 heteroatoms. The topological polar surface area (TPSA) is 45.2 Å². The Morgan fingerprint density at radius 3 is 3.00 bits per heavy atom. The van der Waals surface area contributed by atoms with Gasteiger partial charge < -0.3 is 5.32 Å². The van der Waals surface area contributed by atoms with Gasteiger partial charge in [0.1, 0.15) is 5.82 Å². The first kappa shape index (κ1) is 12.7. The Labute approximate surface area is 103 Å². The normalized spacial score (nSPS) is 9.88. The molecule has 0 fully saturated rings. The number of amides is 1. The highest BCUT2D eigenvalue weighted by atomic mass is 79.9. The van der Waals surface area contributed by atoms with Gasteiger partial charge in [-0.15, -0.1) is 6.42 Å². The Balaban J connectivity index is 2.46. The fraction of sp³-hybridized carbons (Fsp3) is 0.273. The highest BCUT2D eigenvalue weighted by Crippen LogP contribution is 2.10. The standard InChI is InChI=1S/C11H12BrN3O/c1-3-6-15(2)8-11(16)14-10-5-4-9(12)7-13-10/h1,4-5,7H,6,8H2,2H3,(H,13,14,16). The summed E-state index contributed by atoms with van der Waals surface area (Å²) in [7, 11) is 1.79. The maximum atomic E-state index is 11.5. The number of halogens is 1. The third-order valence-electron chi connectivity index (χ3n) is 1.77. The van der Waals surface area contributed by atoms with Gasteiger partial charge in [0, 0.05) is 10.7 Å². The van der Waals surface area contributed by atoms with E-state index in [9.17, 15) is 4.79 Å². The van der Waals surface area contributed by atoms with E-state index in [1.54, 1.807) is 24.2 Å². The molecule has 1 aromatic heterocycles. The summed E-state index contributed by atoms with van der Waals surface area (Å²) in [6, 6.07) is 3.54. The molecule has 1 rings (SSSR count). The minimum atomic E-state index is -0.132. The fourth-order valence-electron chi connectivity index (χ4n) is 1.09. The number of carbonyl (C=O) groups is 1. The van der Waals surface area contributed by atoms with Crippen molar-refractivity contribution in [2.75, 3.05) is 25.5 Å². The molecular weight excluding hydrogens is 270 g/mol. The number of carbonyl (C=O) groups excluding carboxylic acids is 1. The molecule has 0 unspecified atom stereocenters. The lowest BCUT2D eigenvalue weighted by molar-refractivity contribution is -0.116. The molecule has 1 amide bonds. The van der Waals surface area contributed by atoms with E-state index in [0.717, 1.165) is 4.47 Å². The van der Waals surface area contributed by atoms with Gasteiger partial charge in [-0.1, -0.05) is 5.92 Å². The summed E-state index contributed by atoms with van der Waals surface area (Å²) < 4.78 is 0.870. The number of aromatic nitrogens is 1. The minimum absolute atomic E-state index is 0.132. The molecular formula is C11H12BrN3O. The second-order valence-corrected chi connectivity index (χ2v) is 4.20. The van der Waals surface area contributed by atoms with Crippen LogP contribution >= 0.6 is 15.9 Å². The molecule has 0 aliphatic heterocycles. The van der Waals surface area contributed by atoms with Crippen LogP contribution in [0.15, 0.2) is 22.8 Å². The molecule has 4 nitrogen and oxygen atoms in total. The number of likely N-dealkylation sites (N-methyl/N-ethyl adjacent to an activating group) is 1. The van der Waals surface area contributed by atoms with Crippen LogP contribution in [0, 0.1) is 12.3 Å². The predicted octanol–water partition coefficient (Wildman–Crippen LogP) is 1.35. The van der Waals surface area contributed by atoms with E-state index in [4.69, 9.17) is 6.42 Å². The summed E-state index contributed by atoms with van der Waals surface area (Å²) in [4.78, 5) is 17.3. The van der Waals surface area contributed by atoms with Gasteiger partial charge in [-0.2, -0.15) is 0 Å². The lowest BCUT2D eigenvalue weighted by Gasteiger charge is -2.12. The molecule has 1 heterocycles. The predicted molar refractivity (Wildman–Crippen MR) is 66.9 cm³/mol. The van der Waals surface area contributed by atoms with Crippen LogP contribution in [-0.4, -0.2) is 35.9 Å². The molecule has 0 spiro atoms. The summed E-state index contributed by atoms with van der Waals surface area (Å²) in [6.07, 6.45) is 6.76. The van der Waals surface area contributed by atoms with Crippen LogP contribution in [0.4, 0.5) is 5.82 Å². The van der Waals surface area contributed by atoms with Gasteiger partial charge in [-0.3, -0.25) is 9.69 Å². The van der Waals surface area contributed by atoms with E-state index in [-0.39, 0.29) is 12.5 Å². The number of rotatable bonds is 4. The van der Waals surface area contributed by atoms with Crippen molar-refractivity contribution in [3.05, 3.63) is 22.8 Å². The Bertz CT molecular complexity index is 397. The molecule has 0 saturated carbocycles. The average molecular weight is 282 g/mol. The van der Waals surface area contributed by atoms with Crippen molar-refractivity contribution in [1.82, 2.24) is 9.88 Å². The number of nitrogens with zero attached hydrogens (tertiary/aromatic N) is 2. The monoisotopic (exact) mass is 281 g/mol. The van der Waals surface area contributed by atoms with Crippen LogP contribution in [-0.2, 0) is 4.79 Å². The maximum Gasteiger partial charge on any atom is 0.239 e. The molecule has 0 aliphatic rings. The van der Waals surface area contributed by atoms with Crippen LogP contribution < -0.4 is 5.32 Å². The van der Waals surface area contributed by atoms with Crippen molar-refractivity contribution in [1.29, 1.82) is 0 Å². The molecule has 84 valence electrons. The number of hydrogen-bond donors (Lipinski definition) is 1. The number of nitrogens with one attached hydrogen (secondary N) is 1. The lowest BCUT2D eigenvalue weighted by Crippen LogP contribution is -2.30. The zero-order chi connectivity index (χ0) is 12.0. The first-order chi connectivity index (χ1) is 7.61. The molecule has 16 heavy (non-hydrogen) atoms. The third-order valence-corrected chi connectivity index (χ3v) is 2.24. The lowest BCUT2D eigenvalue weighted by atomic mass is 10.4. The Hall–Kier alpha value is -1.38. The largest absolute Gasteiger partial charge is 0.310 e. The van der Waals surface area contributed by atoms with Gasteiger partial charge in [0.05, 0.1) is 13.1 Å². The zero-order valence-corrected chi connectivity index (χ0v) is 10.5. The maximum absolute atomic E-state index is 11.5. The highest BCUT2D eigenvalue weighted by Gasteiger charge is 2.06. The van der Waals surface area contributed by atoms with E-state index in [2.05, 4.69) is 32.2 Å². The molecule has 0 aliphatic carbocycles. The van der Waals surface area contributed by atoms with Crippen LogP contribution in [0.25, 0.3) is 0 Å². The number of pyridine rings is 1. The van der Waals surface area contributed by atoms with Crippen LogP contribution in [0.5, 0.6) is 0 Å². The summed E-state index contributed by atoms with van der Waals surface area (Å²) in [6.45, 7) is 0.698. The first-order valence-electron chi connectivity index (χ1n) is 4.65. The molecule has 0 saturated heterocycles. The van der Waals surface area contributed by atoms with Crippen LogP contribution in [0.1, 0.15) is 0 Å². The molecule has 0 bridgehead atoms.